The number of rotatable bonds is 2. The molecule has 0 unspecified atom stereocenters. The summed E-state index contributed by atoms with van der Waals surface area (Å²) in [6, 6.07) is 18.3. The van der Waals surface area contributed by atoms with Crippen LogP contribution in [0.2, 0.25) is 0 Å². The van der Waals surface area contributed by atoms with Crippen LogP contribution in [0.4, 0.5) is 0 Å². The van der Waals surface area contributed by atoms with E-state index in [-0.39, 0.29) is 0 Å². The van der Waals surface area contributed by atoms with E-state index in [1.165, 1.54) is 0 Å². The van der Waals surface area contributed by atoms with Crippen LogP contribution in [0.3, 0.4) is 0 Å². The summed E-state index contributed by atoms with van der Waals surface area (Å²) in [5, 5.41) is 2.18. The van der Waals surface area contributed by atoms with Crippen LogP contribution in [0, 0.1) is 0 Å². The fraction of sp³-hybridized carbons (Fsp3) is 0. The maximum Gasteiger partial charge on any atom is 0.144 e. The molecule has 24 heavy (non-hydrogen) atoms. The van der Waals surface area contributed by atoms with Gasteiger partial charge in [-0.3, -0.25) is 9.55 Å². The smallest absolute Gasteiger partial charge is 0.144 e. The fourth-order valence-corrected chi connectivity index (χ4v) is 3.04. The molecule has 4 nitrogen and oxygen atoms in total. The molecule has 0 aliphatic carbocycles. The lowest BCUT2D eigenvalue weighted by molar-refractivity contribution is 0.616. The number of furan rings is 1. The highest BCUT2D eigenvalue weighted by Gasteiger charge is 2.10. The second-order valence-electron chi connectivity index (χ2n) is 5.67. The zero-order chi connectivity index (χ0) is 15.9. The molecule has 0 spiro atoms. The summed E-state index contributed by atoms with van der Waals surface area (Å²) in [5.74, 6) is 0.904. The van der Waals surface area contributed by atoms with E-state index >= 15 is 0 Å². The molecule has 2 aromatic carbocycles. The topological polar surface area (TPSA) is 43.9 Å². The van der Waals surface area contributed by atoms with Gasteiger partial charge in [0.1, 0.15) is 11.4 Å². The molecule has 0 N–H and O–H groups in total. The minimum Gasteiger partial charge on any atom is -0.464 e. The van der Waals surface area contributed by atoms with Crippen LogP contribution in [0.1, 0.15) is 0 Å². The summed E-state index contributed by atoms with van der Waals surface area (Å²) in [6.07, 6.45) is 7.32. The first-order valence-electron chi connectivity index (χ1n) is 7.75. The van der Waals surface area contributed by atoms with Gasteiger partial charge in [-0.2, -0.15) is 0 Å². The number of pyridine rings is 1. The highest BCUT2D eigenvalue weighted by atomic mass is 16.3. The van der Waals surface area contributed by atoms with Gasteiger partial charge in [0.2, 0.25) is 0 Å². The van der Waals surface area contributed by atoms with E-state index in [0.717, 1.165) is 38.9 Å². The van der Waals surface area contributed by atoms with Gasteiger partial charge in [-0.25, -0.2) is 4.98 Å². The maximum absolute atomic E-state index is 5.42. The molecule has 0 radical (unpaired) electrons. The first-order valence-corrected chi connectivity index (χ1v) is 7.75. The Bertz CT molecular complexity index is 1170. The molecule has 3 aromatic heterocycles. The second kappa shape index (κ2) is 5.06. The average molecular weight is 311 g/mol. The van der Waals surface area contributed by atoms with E-state index in [9.17, 15) is 0 Å². The van der Waals surface area contributed by atoms with Gasteiger partial charge in [0, 0.05) is 40.6 Å². The molecule has 0 saturated heterocycles. The molecule has 5 rings (SSSR count). The molecule has 0 aliphatic rings. The van der Waals surface area contributed by atoms with Crippen molar-refractivity contribution in [1.29, 1.82) is 0 Å². The first kappa shape index (κ1) is 13.1. The predicted octanol–water partition coefficient (Wildman–Crippen LogP) is 4.83. The van der Waals surface area contributed by atoms with E-state index in [0.29, 0.717) is 0 Å². The summed E-state index contributed by atoms with van der Waals surface area (Å²) >= 11 is 0. The van der Waals surface area contributed by atoms with Crippen molar-refractivity contribution in [2.75, 3.05) is 0 Å². The highest BCUT2D eigenvalue weighted by molar-refractivity contribution is 5.83. The zero-order valence-electron chi connectivity index (χ0n) is 12.8. The minimum absolute atomic E-state index is 0.883. The van der Waals surface area contributed by atoms with Crippen molar-refractivity contribution in [2.24, 2.45) is 0 Å². The Morgan fingerprint density at radius 1 is 0.833 bits per heavy atom. The molecule has 0 aliphatic heterocycles. The van der Waals surface area contributed by atoms with E-state index < -0.39 is 0 Å². The number of hydrogen-bond acceptors (Lipinski definition) is 3. The molecule has 0 atom stereocenters. The third kappa shape index (κ3) is 2.01. The van der Waals surface area contributed by atoms with Crippen molar-refractivity contribution in [3.05, 3.63) is 79.5 Å². The lowest BCUT2D eigenvalue weighted by Crippen LogP contribution is -1.96. The maximum atomic E-state index is 5.42. The predicted molar refractivity (Wildman–Crippen MR) is 94.1 cm³/mol. The lowest BCUT2D eigenvalue weighted by Gasteiger charge is -2.09. The fourth-order valence-electron chi connectivity index (χ4n) is 3.04. The molecule has 0 fully saturated rings. The molecular formula is C20H13N3O. The van der Waals surface area contributed by atoms with Crippen LogP contribution >= 0.6 is 0 Å². The summed E-state index contributed by atoms with van der Waals surface area (Å²) in [6.45, 7) is 0. The van der Waals surface area contributed by atoms with Crippen molar-refractivity contribution in [2.45, 2.75) is 0 Å². The Labute approximate surface area is 138 Å². The van der Waals surface area contributed by atoms with Crippen molar-refractivity contribution >= 4 is 21.9 Å². The van der Waals surface area contributed by atoms with Crippen LogP contribution < -0.4 is 0 Å². The van der Waals surface area contributed by atoms with Crippen LogP contribution in [-0.4, -0.2) is 14.5 Å². The highest BCUT2D eigenvalue weighted by Crippen LogP contribution is 2.27. The van der Waals surface area contributed by atoms with Crippen molar-refractivity contribution in [3.63, 3.8) is 0 Å². The molecule has 0 amide bonds. The number of fused-ring (bicyclic) bond motifs is 2. The summed E-state index contributed by atoms with van der Waals surface area (Å²) < 4.78 is 7.51. The Balaban J connectivity index is 1.67. The summed E-state index contributed by atoms with van der Waals surface area (Å²) in [5.41, 5.74) is 3.99. The monoisotopic (exact) mass is 311 g/mol. The van der Waals surface area contributed by atoms with Crippen LogP contribution in [0.5, 0.6) is 0 Å². The number of imidazole rings is 1. The Hall–Kier alpha value is -3.40. The molecule has 0 bridgehead atoms. The van der Waals surface area contributed by atoms with Crippen LogP contribution in [0.15, 0.2) is 83.9 Å². The van der Waals surface area contributed by atoms with E-state index in [1.807, 2.05) is 48.9 Å². The largest absolute Gasteiger partial charge is 0.464 e. The first-order chi connectivity index (χ1) is 11.9. The second-order valence-corrected chi connectivity index (χ2v) is 5.67. The molecular weight excluding hydrogens is 298 g/mol. The van der Waals surface area contributed by atoms with Gasteiger partial charge >= 0.3 is 0 Å². The molecule has 5 aromatic rings. The summed E-state index contributed by atoms with van der Waals surface area (Å²) in [4.78, 5) is 8.93. The van der Waals surface area contributed by atoms with Gasteiger partial charge in [0.05, 0.1) is 11.8 Å². The van der Waals surface area contributed by atoms with Crippen molar-refractivity contribution in [3.8, 4) is 17.1 Å². The van der Waals surface area contributed by atoms with Crippen LogP contribution in [-0.2, 0) is 0 Å². The number of hydrogen-bond donors (Lipinski definition) is 0. The van der Waals surface area contributed by atoms with Gasteiger partial charge < -0.3 is 4.42 Å². The molecule has 3 heterocycles. The number of nitrogens with zero attached hydrogens (tertiary/aromatic N) is 3. The van der Waals surface area contributed by atoms with E-state index in [1.54, 1.807) is 6.26 Å². The van der Waals surface area contributed by atoms with Gasteiger partial charge in [0.15, 0.2) is 0 Å². The molecule has 114 valence electrons. The summed E-state index contributed by atoms with van der Waals surface area (Å²) in [7, 11) is 0. The van der Waals surface area contributed by atoms with Gasteiger partial charge in [-0.05, 0) is 48.5 Å². The Kier molecular flexibility index (Phi) is 2.76. The average Bonchev–Trinajstić information content (AvgIpc) is 3.29. The van der Waals surface area contributed by atoms with E-state index in [2.05, 4.69) is 38.8 Å². The van der Waals surface area contributed by atoms with Crippen LogP contribution in [0.25, 0.3) is 38.9 Å². The third-order valence-electron chi connectivity index (χ3n) is 4.22. The van der Waals surface area contributed by atoms with Gasteiger partial charge in [-0.1, -0.05) is 6.07 Å². The SMILES string of the molecule is c1cnc2ccc(-n3ccnc3-c3ccc4occc4c3)cc2c1. The number of benzene rings is 2. The standard InChI is InChI=1S/C20H13N3O/c1-2-14-13-17(4-5-18(14)21-8-1)23-10-9-22-20(23)16-3-6-19-15(12-16)7-11-24-19/h1-13H. The van der Waals surface area contributed by atoms with Crippen molar-refractivity contribution in [1.82, 2.24) is 14.5 Å². The molecule has 0 saturated carbocycles. The Morgan fingerprint density at radius 3 is 2.83 bits per heavy atom. The Morgan fingerprint density at radius 2 is 1.83 bits per heavy atom. The van der Waals surface area contributed by atoms with Gasteiger partial charge in [0.25, 0.3) is 0 Å². The number of aromatic nitrogens is 3. The normalized spacial score (nSPS) is 11.3. The third-order valence-corrected chi connectivity index (χ3v) is 4.22. The van der Waals surface area contributed by atoms with E-state index in [4.69, 9.17) is 4.42 Å². The minimum atomic E-state index is 0.883. The molecule has 4 heteroatoms. The van der Waals surface area contributed by atoms with Gasteiger partial charge in [-0.15, -0.1) is 0 Å². The van der Waals surface area contributed by atoms with Crippen molar-refractivity contribution < 1.29 is 4.42 Å². The lowest BCUT2D eigenvalue weighted by atomic mass is 10.1. The quantitative estimate of drug-likeness (QED) is 0.469. The zero-order valence-corrected chi connectivity index (χ0v) is 12.8.